The fraction of sp³-hybridized carbons (Fsp3) is 0.250. The predicted molar refractivity (Wildman–Crippen MR) is 30.5 cm³/mol. The van der Waals surface area contributed by atoms with Gasteiger partial charge in [0.15, 0.2) is 5.82 Å². The minimum Gasteiger partial charge on any atom is -0.207 e. The van der Waals surface area contributed by atoms with Crippen molar-refractivity contribution in [2.45, 2.75) is 6.92 Å². The molecule has 0 rings (SSSR count). The van der Waals surface area contributed by atoms with Crippen molar-refractivity contribution < 1.29 is 9.36 Å². The maximum Gasteiger partial charge on any atom is 0.528 e. The minimum atomic E-state index is -1.81. The van der Waals surface area contributed by atoms with Crippen LogP contribution in [0.25, 0.3) is 0 Å². The largest absolute Gasteiger partial charge is 0.528 e. The summed E-state index contributed by atoms with van der Waals surface area (Å²) in [7, 11) is -1.81. The molecule has 1 atom stereocenters. The topological polar surface area (TPSA) is 46.5 Å². The van der Waals surface area contributed by atoms with E-state index in [1.165, 1.54) is 11.9 Å². The van der Waals surface area contributed by atoms with Gasteiger partial charge in [-0.25, -0.2) is 4.79 Å². The van der Waals surface area contributed by atoms with Gasteiger partial charge < -0.3 is 0 Å². The summed E-state index contributed by atoms with van der Waals surface area (Å²) in [4.78, 5) is 9.38. The normalized spacial score (nSPS) is 10.9. The van der Waals surface area contributed by atoms with Gasteiger partial charge in [-0.2, -0.15) is 0 Å². The van der Waals surface area contributed by atoms with E-state index in [4.69, 9.17) is 0 Å². The second-order valence-electron chi connectivity index (χ2n) is 0.976. The van der Waals surface area contributed by atoms with Gasteiger partial charge >= 0.3 is 7.95 Å². The Labute approximate surface area is 48.0 Å². The molecule has 0 N–H and O–H groups in total. The molecule has 1 unspecified atom stereocenters. The average molecular weight is 130 g/mol. The smallest absolute Gasteiger partial charge is 0.207 e. The fourth-order valence-corrected chi connectivity index (χ4v) is 0.603. The molecule has 42 valence electrons. The molecule has 3 nitrogen and oxygen atoms in total. The third-order valence-corrected chi connectivity index (χ3v) is 1.25. The van der Waals surface area contributed by atoms with Gasteiger partial charge in [0, 0.05) is 0 Å². The van der Waals surface area contributed by atoms with Crippen LogP contribution in [0.2, 0.25) is 0 Å². The molecule has 0 aliphatic rings. The molecule has 0 aliphatic carbocycles. The number of isocyanates is 1. The monoisotopic (exact) mass is 130 g/mol. The van der Waals surface area contributed by atoms with Gasteiger partial charge in [0.1, 0.15) is 0 Å². The molecule has 0 aromatic carbocycles. The lowest BCUT2D eigenvalue weighted by Gasteiger charge is -1.53. The minimum absolute atomic E-state index is 1.19. The van der Waals surface area contributed by atoms with Crippen LogP contribution in [-0.4, -0.2) is 6.08 Å². The highest BCUT2D eigenvalue weighted by Crippen LogP contribution is 2.21. The number of hydrogen-bond donors (Lipinski definition) is 0. The summed E-state index contributed by atoms with van der Waals surface area (Å²) in [5.74, 6) is 1.33. The van der Waals surface area contributed by atoms with Crippen LogP contribution in [0, 0.1) is 0 Å². The molecule has 0 saturated carbocycles. The quantitative estimate of drug-likeness (QED) is 0.323. The molecule has 0 saturated heterocycles. The molecule has 0 heterocycles. The molecule has 0 bridgehead atoms. The van der Waals surface area contributed by atoms with Crippen LogP contribution < -0.4 is 0 Å². The van der Waals surface area contributed by atoms with Gasteiger partial charge in [0.05, 0.1) is 4.76 Å². The molecule has 0 aromatic rings. The molecule has 0 aliphatic heterocycles. The Morgan fingerprint density at radius 2 is 2.38 bits per heavy atom. The molecule has 0 radical (unpaired) electrons. The lowest BCUT2D eigenvalue weighted by Crippen LogP contribution is -1.44. The Balaban J connectivity index is 3.84. The molecule has 0 spiro atoms. The molecule has 0 aromatic heterocycles. The van der Waals surface area contributed by atoms with Crippen LogP contribution in [0.3, 0.4) is 0 Å². The van der Waals surface area contributed by atoms with Crippen molar-refractivity contribution in [3.8, 4) is 0 Å². The van der Waals surface area contributed by atoms with Gasteiger partial charge in [-0.3, -0.25) is 0 Å². The Bertz CT molecular complexity index is 157. The van der Waals surface area contributed by atoms with E-state index in [-0.39, 0.29) is 0 Å². The van der Waals surface area contributed by atoms with Gasteiger partial charge in [0.25, 0.3) is 6.08 Å². The van der Waals surface area contributed by atoms with E-state index in [9.17, 15) is 9.36 Å². The molecule has 4 heteroatoms. The maximum atomic E-state index is 10.3. The van der Waals surface area contributed by atoms with E-state index >= 15 is 0 Å². The summed E-state index contributed by atoms with van der Waals surface area (Å²) in [6, 6.07) is 0. The highest BCUT2D eigenvalue weighted by molar-refractivity contribution is 7.46. The van der Waals surface area contributed by atoms with Crippen LogP contribution in [0.1, 0.15) is 6.92 Å². The Morgan fingerprint density at radius 3 is 2.75 bits per heavy atom. The SMILES string of the molecule is CC=C[P+](=O)N=C=O. The summed E-state index contributed by atoms with van der Waals surface area (Å²) < 4.78 is 13.2. The summed E-state index contributed by atoms with van der Waals surface area (Å²) in [5.41, 5.74) is 0. The van der Waals surface area contributed by atoms with Crippen LogP contribution in [0.5, 0.6) is 0 Å². The third-order valence-electron chi connectivity index (χ3n) is 0.416. The van der Waals surface area contributed by atoms with Gasteiger partial charge in [0.2, 0.25) is 0 Å². The van der Waals surface area contributed by atoms with Crippen LogP contribution >= 0.6 is 7.95 Å². The fourth-order valence-electron chi connectivity index (χ4n) is 0.201. The van der Waals surface area contributed by atoms with Gasteiger partial charge in [-0.1, -0.05) is 0 Å². The summed E-state index contributed by atoms with van der Waals surface area (Å²) >= 11 is 0. The van der Waals surface area contributed by atoms with E-state index < -0.39 is 7.95 Å². The predicted octanol–water partition coefficient (Wildman–Crippen LogP) is 1.60. The number of carbonyl (C=O) groups excluding carboxylic acids is 1. The van der Waals surface area contributed by atoms with Crippen molar-refractivity contribution in [2.24, 2.45) is 4.76 Å². The van der Waals surface area contributed by atoms with E-state index in [2.05, 4.69) is 4.76 Å². The zero-order valence-corrected chi connectivity index (χ0v) is 5.26. The first-order valence-electron chi connectivity index (χ1n) is 1.98. The first-order valence-corrected chi connectivity index (χ1v) is 3.26. The van der Waals surface area contributed by atoms with Crippen molar-refractivity contribution in [1.29, 1.82) is 0 Å². The number of hydrogen-bond acceptors (Lipinski definition) is 2. The van der Waals surface area contributed by atoms with E-state index in [0.717, 1.165) is 0 Å². The Kier molecular flexibility index (Phi) is 3.95. The number of allylic oxidation sites excluding steroid dienone is 1. The Morgan fingerprint density at radius 1 is 1.75 bits per heavy atom. The highest BCUT2D eigenvalue weighted by Gasteiger charge is 2.03. The van der Waals surface area contributed by atoms with Crippen LogP contribution in [-0.2, 0) is 9.36 Å². The van der Waals surface area contributed by atoms with Crippen LogP contribution in [0.15, 0.2) is 16.7 Å². The second-order valence-corrected chi connectivity index (χ2v) is 2.08. The molecule has 0 fully saturated rings. The third kappa shape index (κ3) is 3.41. The van der Waals surface area contributed by atoms with Crippen molar-refractivity contribution >= 4 is 14.0 Å². The standard InChI is InChI=1S/C4H5NO2P/c1-2-3-8(7)5-4-6/h2-3H,1H3/q+1. The highest BCUT2D eigenvalue weighted by atomic mass is 31.1. The average Bonchev–Trinajstić information content (AvgIpc) is 1.68. The van der Waals surface area contributed by atoms with Crippen LogP contribution in [0.4, 0.5) is 0 Å². The van der Waals surface area contributed by atoms with Crippen molar-refractivity contribution in [3.63, 3.8) is 0 Å². The molecular formula is C4H5NO2P+. The summed E-state index contributed by atoms with van der Waals surface area (Å²) in [6.45, 7) is 1.70. The van der Waals surface area contributed by atoms with Gasteiger partial charge in [-0.05, 0) is 17.6 Å². The second kappa shape index (κ2) is 4.38. The first-order chi connectivity index (χ1) is 3.81. The number of rotatable bonds is 2. The van der Waals surface area contributed by atoms with Crippen molar-refractivity contribution in [1.82, 2.24) is 0 Å². The number of nitrogens with zero attached hydrogens (tertiary/aromatic N) is 1. The molecule has 0 amide bonds. The maximum absolute atomic E-state index is 10.3. The van der Waals surface area contributed by atoms with E-state index in [1.54, 1.807) is 13.0 Å². The van der Waals surface area contributed by atoms with E-state index in [1.807, 2.05) is 0 Å². The van der Waals surface area contributed by atoms with Gasteiger partial charge in [-0.15, -0.1) is 0 Å². The lowest BCUT2D eigenvalue weighted by molar-refractivity contribution is 0.564. The Hall–Kier alpha value is -0.780. The lowest BCUT2D eigenvalue weighted by atomic mass is 10.8. The zero-order chi connectivity index (χ0) is 6.41. The zero-order valence-electron chi connectivity index (χ0n) is 4.37. The molecular weight excluding hydrogens is 125 g/mol. The first kappa shape index (κ1) is 7.22. The van der Waals surface area contributed by atoms with E-state index in [0.29, 0.717) is 0 Å². The summed E-state index contributed by atoms with van der Waals surface area (Å²) in [6.07, 6.45) is 2.76. The van der Waals surface area contributed by atoms with Crippen molar-refractivity contribution in [3.05, 3.63) is 11.9 Å². The van der Waals surface area contributed by atoms with Crippen molar-refractivity contribution in [2.75, 3.05) is 0 Å². The molecule has 8 heavy (non-hydrogen) atoms. The summed E-state index contributed by atoms with van der Waals surface area (Å²) in [5, 5.41) is 0.